The summed E-state index contributed by atoms with van der Waals surface area (Å²) in [5, 5.41) is 10.6. The lowest BCUT2D eigenvalue weighted by Crippen LogP contribution is -2.23. The van der Waals surface area contributed by atoms with Crippen LogP contribution in [0.25, 0.3) is 0 Å². The Morgan fingerprint density at radius 1 is 1.43 bits per heavy atom. The molecule has 2 rings (SSSR count). The van der Waals surface area contributed by atoms with E-state index in [4.69, 9.17) is 10.2 Å². The van der Waals surface area contributed by atoms with Crippen LogP contribution < -0.4 is 11.1 Å². The summed E-state index contributed by atoms with van der Waals surface area (Å²) in [4.78, 5) is 0. The Hall–Kier alpha value is -1.26. The zero-order valence-corrected chi connectivity index (χ0v) is 8.36. The third-order valence-electron chi connectivity index (χ3n) is 2.90. The Morgan fingerprint density at radius 3 is 2.71 bits per heavy atom. The Balaban J connectivity index is 1.90. The van der Waals surface area contributed by atoms with Gasteiger partial charge in [-0.25, -0.2) is 0 Å². The molecule has 14 heavy (non-hydrogen) atoms. The average Bonchev–Trinajstić information content (AvgIpc) is 2.75. The summed E-state index contributed by atoms with van der Waals surface area (Å²) < 4.78 is 5.06. The van der Waals surface area contributed by atoms with Gasteiger partial charge in [0.15, 0.2) is 0 Å². The van der Waals surface area contributed by atoms with E-state index in [1.54, 1.807) is 0 Å². The molecule has 1 fully saturated rings. The van der Waals surface area contributed by atoms with E-state index in [9.17, 15) is 0 Å². The first kappa shape index (κ1) is 9.30. The molecule has 1 heterocycles. The minimum Gasteiger partial charge on any atom is -0.390 e. The van der Waals surface area contributed by atoms with Crippen molar-refractivity contribution in [2.24, 2.45) is 5.92 Å². The zero-order valence-electron chi connectivity index (χ0n) is 8.36. The largest absolute Gasteiger partial charge is 0.390 e. The number of hydrogen-bond donors (Lipinski definition) is 2. The number of nitrogen functional groups attached to an aromatic ring is 1. The van der Waals surface area contributed by atoms with Crippen LogP contribution in [-0.4, -0.2) is 16.2 Å². The number of nitrogens with one attached hydrogen (secondary N) is 1. The Kier molecular flexibility index (Phi) is 2.56. The first-order valence-electron chi connectivity index (χ1n) is 5.11. The molecule has 1 aliphatic rings. The van der Waals surface area contributed by atoms with Crippen molar-refractivity contribution in [3.05, 3.63) is 0 Å². The first-order chi connectivity index (χ1) is 6.75. The molecule has 0 aliphatic heterocycles. The van der Waals surface area contributed by atoms with Crippen LogP contribution >= 0.6 is 0 Å². The van der Waals surface area contributed by atoms with E-state index in [1.807, 2.05) is 0 Å². The Morgan fingerprint density at radius 2 is 2.14 bits per heavy atom. The van der Waals surface area contributed by atoms with Crippen molar-refractivity contribution < 1.29 is 4.42 Å². The van der Waals surface area contributed by atoms with Gasteiger partial charge in [-0.1, -0.05) is 23.0 Å². The van der Waals surface area contributed by atoms with E-state index >= 15 is 0 Å². The van der Waals surface area contributed by atoms with Gasteiger partial charge >= 0.3 is 12.0 Å². The molecule has 1 aromatic rings. The third kappa shape index (κ3) is 1.97. The molecule has 3 N–H and O–H groups in total. The molecule has 78 valence electrons. The number of hydrogen-bond acceptors (Lipinski definition) is 5. The SMILES string of the molecule is CC(Nc1nnc(N)o1)C1CCCC1. The summed E-state index contributed by atoms with van der Waals surface area (Å²) in [5.41, 5.74) is 5.33. The van der Waals surface area contributed by atoms with Crippen LogP contribution in [0.1, 0.15) is 32.6 Å². The maximum atomic E-state index is 5.33. The maximum Gasteiger partial charge on any atom is 0.317 e. The molecule has 1 aromatic heterocycles. The number of aromatic nitrogens is 2. The number of rotatable bonds is 3. The van der Waals surface area contributed by atoms with Crippen LogP contribution in [0.3, 0.4) is 0 Å². The van der Waals surface area contributed by atoms with E-state index in [0.717, 1.165) is 5.92 Å². The van der Waals surface area contributed by atoms with Gasteiger partial charge in [0, 0.05) is 6.04 Å². The standard InChI is InChI=1S/C9H16N4O/c1-6(7-4-2-3-5-7)11-9-13-12-8(10)14-9/h6-7H,2-5H2,1H3,(H2,10,12)(H,11,13). The van der Waals surface area contributed by atoms with Crippen LogP contribution in [-0.2, 0) is 0 Å². The zero-order chi connectivity index (χ0) is 9.97. The summed E-state index contributed by atoms with van der Waals surface area (Å²) >= 11 is 0. The highest BCUT2D eigenvalue weighted by molar-refractivity contribution is 5.24. The lowest BCUT2D eigenvalue weighted by Gasteiger charge is -2.18. The predicted molar refractivity (Wildman–Crippen MR) is 53.8 cm³/mol. The number of nitrogens with zero attached hydrogens (tertiary/aromatic N) is 2. The first-order valence-corrected chi connectivity index (χ1v) is 5.11. The summed E-state index contributed by atoms with van der Waals surface area (Å²) in [6, 6.07) is 0.936. The molecule has 0 radical (unpaired) electrons. The predicted octanol–water partition coefficient (Wildman–Crippen LogP) is 1.64. The van der Waals surface area contributed by atoms with Gasteiger partial charge in [-0.15, -0.1) is 0 Å². The summed E-state index contributed by atoms with van der Waals surface area (Å²) in [6.45, 7) is 2.15. The molecule has 1 aliphatic carbocycles. The molecule has 0 saturated heterocycles. The normalized spacial score (nSPS) is 19.8. The molecule has 0 aromatic carbocycles. The highest BCUT2D eigenvalue weighted by Gasteiger charge is 2.22. The Labute approximate surface area is 83.1 Å². The lowest BCUT2D eigenvalue weighted by molar-refractivity contribution is 0.465. The van der Waals surface area contributed by atoms with Gasteiger partial charge in [-0.2, -0.15) is 0 Å². The van der Waals surface area contributed by atoms with Crippen LogP contribution in [0.15, 0.2) is 4.42 Å². The fourth-order valence-corrected chi connectivity index (χ4v) is 2.06. The van der Waals surface area contributed by atoms with Crippen LogP contribution in [0.4, 0.5) is 12.0 Å². The summed E-state index contributed by atoms with van der Waals surface area (Å²) in [6.07, 6.45) is 5.25. The highest BCUT2D eigenvalue weighted by Crippen LogP contribution is 2.28. The molecule has 0 spiro atoms. The van der Waals surface area contributed by atoms with Gasteiger partial charge in [-0.05, 0) is 25.7 Å². The molecule has 1 unspecified atom stereocenters. The Bertz CT molecular complexity index is 293. The van der Waals surface area contributed by atoms with Gasteiger partial charge in [0.05, 0.1) is 0 Å². The molecule has 5 nitrogen and oxygen atoms in total. The minimum absolute atomic E-state index is 0.117. The van der Waals surface area contributed by atoms with Crippen LogP contribution in [0.5, 0.6) is 0 Å². The van der Waals surface area contributed by atoms with Crippen molar-refractivity contribution in [3.63, 3.8) is 0 Å². The fourth-order valence-electron chi connectivity index (χ4n) is 2.06. The molecule has 0 amide bonds. The molecule has 1 atom stereocenters. The van der Waals surface area contributed by atoms with Crippen molar-refractivity contribution in [2.45, 2.75) is 38.6 Å². The van der Waals surface area contributed by atoms with Gasteiger partial charge in [0.2, 0.25) is 0 Å². The number of nitrogens with two attached hydrogens (primary N) is 1. The second kappa shape index (κ2) is 3.86. The smallest absolute Gasteiger partial charge is 0.317 e. The third-order valence-corrected chi connectivity index (χ3v) is 2.90. The lowest BCUT2D eigenvalue weighted by atomic mass is 10.0. The van der Waals surface area contributed by atoms with E-state index < -0.39 is 0 Å². The quantitative estimate of drug-likeness (QED) is 0.768. The van der Waals surface area contributed by atoms with E-state index in [-0.39, 0.29) is 6.01 Å². The summed E-state index contributed by atoms with van der Waals surface area (Å²) in [5.74, 6) is 0.725. The topological polar surface area (TPSA) is 77.0 Å². The van der Waals surface area contributed by atoms with Crippen LogP contribution in [0.2, 0.25) is 0 Å². The molecular formula is C9H16N4O. The van der Waals surface area contributed by atoms with Crippen molar-refractivity contribution in [2.75, 3.05) is 11.1 Å². The van der Waals surface area contributed by atoms with E-state index in [2.05, 4.69) is 22.4 Å². The molecule has 0 bridgehead atoms. The second-order valence-electron chi connectivity index (χ2n) is 3.92. The van der Waals surface area contributed by atoms with Gasteiger partial charge in [0.1, 0.15) is 0 Å². The van der Waals surface area contributed by atoms with Crippen molar-refractivity contribution >= 4 is 12.0 Å². The highest BCUT2D eigenvalue weighted by atomic mass is 16.4. The monoisotopic (exact) mass is 196 g/mol. The second-order valence-corrected chi connectivity index (χ2v) is 3.92. The van der Waals surface area contributed by atoms with Gasteiger partial charge in [-0.3, -0.25) is 0 Å². The fraction of sp³-hybridized carbons (Fsp3) is 0.778. The van der Waals surface area contributed by atoms with Crippen molar-refractivity contribution in [1.29, 1.82) is 0 Å². The maximum absolute atomic E-state index is 5.33. The van der Waals surface area contributed by atoms with Crippen LogP contribution in [0, 0.1) is 5.92 Å². The van der Waals surface area contributed by atoms with E-state index in [0.29, 0.717) is 12.1 Å². The van der Waals surface area contributed by atoms with E-state index in [1.165, 1.54) is 25.7 Å². The molecule has 5 heteroatoms. The molecular weight excluding hydrogens is 180 g/mol. The number of anilines is 2. The average molecular weight is 196 g/mol. The van der Waals surface area contributed by atoms with Crippen molar-refractivity contribution in [1.82, 2.24) is 10.2 Å². The van der Waals surface area contributed by atoms with Crippen molar-refractivity contribution in [3.8, 4) is 0 Å². The minimum atomic E-state index is 0.117. The molecule has 1 saturated carbocycles. The van der Waals surface area contributed by atoms with Gasteiger partial charge in [0.25, 0.3) is 0 Å². The van der Waals surface area contributed by atoms with Gasteiger partial charge < -0.3 is 15.5 Å². The summed E-state index contributed by atoms with van der Waals surface area (Å²) in [7, 11) is 0.